The molecule has 0 saturated carbocycles. The standard InChI is InChI=1S/C13H27NO/c1-2-3-4-5-6-9-14-10-7-13(12-15)8-11-14/h13,15H,2-12H2,1H3. The van der Waals surface area contributed by atoms with Crippen molar-refractivity contribution in [3.8, 4) is 0 Å². The Morgan fingerprint density at radius 3 is 2.33 bits per heavy atom. The first-order valence-electron chi connectivity index (χ1n) is 6.70. The van der Waals surface area contributed by atoms with Crippen molar-refractivity contribution in [3.05, 3.63) is 0 Å². The Labute approximate surface area is 94.7 Å². The average Bonchev–Trinajstić information content (AvgIpc) is 2.30. The van der Waals surface area contributed by atoms with Gasteiger partial charge in [0.1, 0.15) is 0 Å². The lowest BCUT2D eigenvalue weighted by atomic mass is 9.98. The molecule has 1 fully saturated rings. The second-order valence-corrected chi connectivity index (χ2v) is 4.88. The van der Waals surface area contributed by atoms with Crippen LogP contribution in [-0.4, -0.2) is 36.2 Å². The molecule has 1 aliphatic heterocycles. The van der Waals surface area contributed by atoms with Crippen molar-refractivity contribution in [2.75, 3.05) is 26.2 Å². The van der Waals surface area contributed by atoms with E-state index < -0.39 is 0 Å². The number of rotatable bonds is 7. The highest BCUT2D eigenvalue weighted by atomic mass is 16.3. The van der Waals surface area contributed by atoms with Crippen LogP contribution in [0.25, 0.3) is 0 Å². The zero-order valence-corrected chi connectivity index (χ0v) is 10.2. The summed E-state index contributed by atoms with van der Waals surface area (Å²) in [6.45, 7) is 6.35. The number of piperidine rings is 1. The molecule has 1 rings (SSSR count). The molecule has 0 radical (unpaired) electrons. The van der Waals surface area contributed by atoms with Gasteiger partial charge in [-0.05, 0) is 44.8 Å². The number of unbranched alkanes of at least 4 members (excludes halogenated alkanes) is 4. The molecule has 0 bridgehead atoms. The molecule has 2 heteroatoms. The monoisotopic (exact) mass is 213 g/mol. The minimum absolute atomic E-state index is 0.393. The molecule has 1 saturated heterocycles. The fraction of sp³-hybridized carbons (Fsp3) is 1.00. The zero-order chi connectivity index (χ0) is 10.9. The molecule has 0 aliphatic carbocycles. The normalized spacial score (nSPS) is 19.6. The van der Waals surface area contributed by atoms with Crippen LogP contribution in [0.4, 0.5) is 0 Å². The number of aliphatic hydroxyl groups is 1. The maximum atomic E-state index is 9.03. The lowest BCUT2D eigenvalue weighted by molar-refractivity contribution is 0.130. The van der Waals surface area contributed by atoms with Crippen molar-refractivity contribution in [2.24, 2.45) is 5.92 Å². The van der Waals surface area contributed by atoms with Gasteiger partial charge >= 0.3 is 0 Å². The molecule has 0 aromatic carbocycles. The quantitative estimate of drug-likeness (QED) is 0.657. The van der Waals surface area contributed by atoms with Crippen LogP contribution in [0.15, 0.2) is 0 Å². The molecule has 1 N–H and O–H groups in total. The predicted octanol–water partition coefficient (Wildman–Crippen LogP) is 2.66. The van der Waals surface area contributed by atoms with Gasteiger partial charge in [-0.1, -0.05) is 32.6 Å². The first-order valence-corrected chi connectivity index (χ1v) is 6.70. The average molecular weight is 213 g/mol. The van der Waals surface area contributed by atoms with Gasteiger partial charge in [0, 0.05) is 6.61 Å². The third-order valence-corrected chi connectivity index (χ3v) is 3.54. The molecular weight excluding hydrogens is 186 g/mol. The van der Waals surface area contributed by atoms with Crippen LogP contribution in [0.1, 0.15) is 51.9 Å². The molecule has 15 heavy (non-hydrogen) atoms. The Bertz CT molecular complexity index is 141. The van der Waals surface area contributed by atoms with E-state index in [2.05, 4.69) is 11.8 Å². The van der Waals surface area contributed by atoms with E-state index in [-0.39, 0.29) is 0 Å². The molecule has 0 unspecified atom stereocenters. The highest BCUT2D eigenvalue weighted by Gasteiger charge is 2.17. The van der Waals surface area contributed by atoms with Gasteiger partial charge in [0.15, 0.2) is 0 Å². The summed E-state index contributed by atoms with van der Waals surface area (Å²) in [6.07, 6.45) is 9.30. The van der Waals surface area contributed by atoms with E-state index in [1.54, 1.807) is 0 Å². The van der Waals surface area contributed by atoms with Crippen LogP contribution in [0.3, 0.4) is 0 Å². The number of hydrogen-bond donors (Lipinski definition) is 1. The Morgan fingerprint density at radius 2 is 1.73 bits per heavy atom. The molecular formula is C13H27NO. The maximum absolute atomic E-state index is 9.03. The molecule has 0 spiro atoms. The number of nitrogens with zero attached hydrogens (tertiary/aromatic N) is 1. The summed E-state index contributed by atoms with van der Waals surface area (Å²) in [6, 6.07) is 0. The highest BCUT2D eigenvalue weighted by molar-refractivity contribution is 4.71. The highest BCUT2D eigenvalue weighted by Crippen LogP contribution is 2.16. The maximum Gasteiger partial charge on any atom is 0.0460 e. The first kappa shape index (κ1) is 13.0. The van der Waals surface area contributed by atoms with Gasteiger partial charge in [-0.3, -0.25) is 0 Å². The van der Waals surface area contributed by atoms with Crippen molar-refractivity contribution in [2.45, 2.75) is 51.9 Å². The molecule has 0 aromatic rings. The smallest absolute Gasteiger partial charge is 0.0460 e. The number of likely N-dealkylation sites (tertiary alicyclic amines) is 1. The fourth-order valence-corrected chi connectivity index (χ4v) is 2.33. The Balaban J connectivity index is 1.94. The Kier molecular flexibility index (Phi) is 7.03. The van der Waals surface area contributed by atoms with Crippen molar-refractivity contribution in [1.82, 2.24) is 4.90 Å². The first-order chi connectivity index (χ1) is 7.36. The van der Waals surface area contributed by atoms with E-state index in [9.17, 15) is 0 Å². The van der Waals surface area contributed by atoms with E-state index in [1.165, 1.54) is 64.6 Å². The summed E-state index contributed by atoms with van der Waals surface area (Å²) in [7, 11) is 0. The second-order valence-electron chi connectivity index (χ2n) is 4.88. The van der Waals surface area contributed by atoms with Crippen molar-refractivity contribution < 1.29 is 5.11 Å². The summed E-state index contributed by atoms with van der Waals surface area (Å²) in [5.74, 6) is 0.585. The van der Waals surface area contributed by atoms with E-state index in [4.69, 9.17) is 5.11 Å². The Hall–Kier alpha value is -0.0800. The lowest BCUT2D eigenvalue weighted by Gasteiger charge is -2.30. The molecule has 0 aromatic heterocycles. The zero-order valence-electron chi connectivity index (χ0n) is 10.2. The van der Waals surface area contributed by atoms with Crippen LogP contribution < -0.4 is 0 Å². The SMILES string of the molecule is CCCCCCCN1CCC(CO)CC1. The molecule has 0 amide bonds. The van der Waals surface area contributed by atoms with Crippen LogP contribution in [0.5, 0.6) is 0 Å². The summed E-state index contributed by atoms with van der Waals surface area (Å²) >= 11 is 0. The van der Waals surface area contributed by atoms with Gasteiger partial charge in [0.2, 0.25) is 0 Å². The van der Waals surface area contributed by atoms with E-state index in [1.807, 2.05) is 0 Å². The fourth-order valence-electron chi connectivity index (χ4n) is 2.33. The van der Waals surface area contributed by atoms with Crippen LogP contribution in [0, 0.1) is 5.92 Å². The minimum atomic E-state index is 0.393. The predicted molar refractivity (Wildman–Crippen MR) is 65.0 cm³/mol. The lowest BCUT2D eigenvalue weighted by Crippen LogP contribution is -2.35. The largest absolute Gasteiger partial charge is 0.396 e. The Morgan fingerprint density at radius 1 is 1.07 bits per heavy atom. The summed E-state index contributed by atoms with van der Waals surface area (Å²) < 4.78 is 0. The van der Waals surface area contributed by atoms with Crippen LogP contribution in [-0.2, 0) is 0 Å². The third kappa shape index (κ3) is 5.53. The second kappa shape index (κ2) is 8.12. The topological polar surface area (TPSA) is 23.5 Å². The van der Waals surface area contributed by atoms with Gasteiger partial charge in [0.05, 0.1) is 0 Å². The molecule has 1 heterocycles. The minimum Gasteiger partial charge on any atom is -0.396 e. The summed E-state index contributed by atoms with van der Waals surface area (Å²) in [4.78, 5) is 2.57. The van der Waals surface area contributed by atoms with Gasteiger partial charge < -0.3 is 10.0 Å². The van der Waals surface area contributed by atoms with E-state index in [0.717, 1.165) is 0 Å². The summed E-state index contributed by atoms with van der Waals surface area (Å²) in [5, 5.41) is 9.03. The van der Waals surface area contributed by atoms with Crippen LogP contribution in [0.2, 0.25) is 0 Å². The van der Waals surface area contributed by atoms with E-state index >= 15 is 0 Å². The van der Waals surface area contributed by atoms with Crippen molar-refractivity contribution in [3.63, 3.8) is 0 Å². The van der Waals surface area contributed by atoms with Crippen LogP contribution >= 0.6 is 0 Å². The van der Waals surface area contributed by atoms with Gasteiger partial charge in [-0.15, -0.1) is 0 Å². The molecule has 2 nitrogen and oxygen atoms in total. The van der Waals surface area contributed by atoms with Gasteiger partial charge in [-0.25, -0.2) is 0 Å². The third-order valence-electron chi connectivity index (χ3n) is 3.54. The number of aliphatic hydroxyl groups excluding tert-OH is 1. The summed E-state index contributed by atoms with van der Waals surface area (Å²) in [5.41, 5.74) is 0. The van der Waals surface area contributed by atoms with E-state index in [0.29, 0.717) is 12.5 Å². The number of hydrogen-bond acceptors (Lipinski definition) is 2. The van der Waals surface area contributed by atoms with Crippen molar-refractivity contribution in [1.29, 1.82) is 0 Å². The molecule has 90 valence electrons. The molecule has 1 aliphatic rings. The van der Waals surface area contributed by atoms with Crippen molar-refractivity contribution >= 4 is 0 Å². The van der Waals surface area contributed by atoms with Gasteiger partial charge in [0.25, 0.3) is 0 Å². The van der Waals surface area contributed by atoms with Gasteiger partial charge in [-0.2, -0.15) is 0 Å². The molecule has 0 atom stereocenters.